The summed E-state index contributed by atoms with van der Waals surface area (Å²) in [4.78, 5) is 6.96. The molecular formula is C18H18Cl2N4S. The Morgan fingerprint density at radius 1 is 1.12 bits per heavy atom. The number of halogens is 2. The summed E-state index contributed by atoms with van der Waals surface area (Å²) in [7, 11) is 0. The Morgan fingerprint density at radius 3 is 2.64 bits per heavy atom. The second kappa shape index (κ2) is 7.08. The highest BCUT2D eigenvalue weighted by molar-refractivity contribution is 7.99. The van der Waals surface area contributed by atoms with Crippen LogP contribution in [-0.2, 0) is 6.54 Å². The minimum atomic E-state index is 0.424. The topological polar surface area (TPSA) is 46.6 Å². The third-order valence-electron chi connectivity index (χ3n) is 4.49. The summed E-state index contributed by atoms with van der Waals surface area (Å²) < 4.78 is 2.13. The van der Waals surface area contributed by atoms with Crippen molar-refractivity contribution in [3.05, 3.63) is 52.3 Å². The minimum absolute atomic E-state index is 0.424. The number of rotatable bonds is 3. The summed E-state index contributed by atoms with van der Waals surface area (Å²) in [5.74, 6) is 3.40. The van der Waals surface area contributed by atoms with Crippen LogP contribution in [0.2, 0.25) is 10.0 Å². The highest BCUT2D eigenvalue weighted by Gasteiger charge is 2.17. The molecule has 1 fully saturated rings. The largest absolute Gasteiger partial charge is 0.355 e. The Hall–Kier alpha value is -1.40. The first kappa shape index (κ1) is 17.0. The van der Waals surface area contributed by atoms with Crippen molar-refractivity contribution < 1.29 is 0 Å². The van der Waals surface area contributed by atoms with Gasteiger partial charge >= 0.3 is 0 Å². The van der Waals surface area contributed by atoms with E-state index in [1.165, 1.54) is 0 Å². The van der Waals surface area contributed by atoms with Gasteiger partial charge in [-0.3, -0.25) is 4.40 Å². The van der Waals surface area contributed by atoms with Gasteiger partial charge in [-0.25, -0.2) is 4.98 Å². The summed E-state index contributed by atoms with van der Waals surface area (Å²) in [6.07, 6.45) is 4.04. The molecule has 1 aromatic carbocycles. The maximum atomic E-state index is 6.44. The van der Waals surface area contributed by atoms with Crippen molar-refractivity contribution in [3.8, 4) is 11.1 Å². The lowest BCUT2D eigenvalue weighted by atomic mass is 10.0. The van der Waals surface area contributed by atoms with Crippen molar-refractivity contribution >= 4 is 46.4 Å². The molecular weight excluding hydrogens is 375 g/mol. The molecule has 0 aliphatic carbocycles. The molecule has 3 heterocycles. The van der Waals surface area contributed by atoms with E-state index in [4.69, 9.17) is 28.9 Å². The highest BCUT2D eigenvalue weighted by Crippen LogP contribution is 2.34. The first-order valence-electron chi connectivity index (χ1n) is 8.15. The van der Waals surface area contributed by atoms with Crippen LogP contribution in [0.25, 0.3) is 16.8 Å². The minimum Gasteiger partial charge on any atom is -0.355 e. The van der Waals surface area contributed by atoms with E-state index >= 15 is 0 Å². The zero-order valence-corrected chi connectivity index (χ0v) is 15.9. The number of fused-ring (bicyclic) bond motifs is 1. The van der Waals surface area contributed by atoms with Crippen LogP contribution in [0, 0.1) is 0 Å². The number of anilines is 1. The number of thioether (sulfide) groups is 1. The van der Waals surface area contributed by atoms with Crippen LogP contribution in [0.1, 0.15) is 5.56 Å². The highest BCUT2D eigenvalue weighted by atomic mass is 35.5. The third kappa shape index (κ3) is 3.22. The van der Waals surface area contributed by atoms with Crippen LogP contribution < -0.4 is 10.6 Å². The van der Waals surface area contributed by atoms with E-state index in [9.17, 15) is 0 Å². The van der Waals surface area contributed by atoms with Crippen LogP contribution in [0.15, 0.2) is 36.7 Å². The van der Waals surface area contributed by atoms with Crippen molar-refractivity contribution in [2.24, 2.45) is 5.73 Å². The van der Waals surface area contributed by atoms with Crippen LogP contribution in [0.4, 0.5) is 5.82 Å². The fourth-order valence-electron chi connectivity index (χ4n) is 3.20. The SMILES string of the molecule is NCc1cc2ncc(N3CCSCC3)n2cc1-c1ccc(Cl)cc1Cl. The molecule has 130 valence electrons. The summed E-state index contributed by atoms with van der Waals surface area (Å²) in [5, 5.41) is 1.25. The maximum Gasteiger partial charge on any atom is 0.138 e. The lowest BCUT2D eigenvalue weighted by molar-refractivity contribution is 0.832. The molecule has 1 saturated heterocycles. The molecule has 4 nitrogen and oxygen atoms in total. The Bertz CT molecular complexity index is 919. The van der Waals surface area contributed by atoms with Gasteiger partial charge in [-0.1, -0.05) is 29.3 Å². The van der Waals surface area contributed by atoms with Crippen molar-refractivity contribution in [2.45, 2.75) is 6.54 Å². The standard InChI is InChI=1S/C18H18Cl2N4S/c19-13-1-2-14(16(20)8-13)15-11-24-17(7-12(15)9-21)22-10-18(24)23-3-5-25-6-4-23/h1-2,7-8,10-11H,3-6,9,21H2. The van der Waals surface area contributed by atoms with Crippen molar-refractivity contribution in [2.75, 3.05) is 29.5 Å². The number of benzene rings is 1. The molecule has 0 atom stereocenters. The van der Waals surface area contributed by atoms with Gasteiger partial charge in [0.1, 0.15) is 11.5 Å². The fraction of sp³-hybridized carbons (Fsp3) is 0.278. The van der Waals surface area contributed by atoms with Gasteiger partial charge in [0, 0.05) is 58.5 Å². The molecule has 1 aliphatic rings. The van der Waals surface area contributed by atoms with Gasteiger partial charge < -0.3 is 10.6 Å². The van der Waals surface area contributed by atoms with Gasteiger partial charge in [-0.15, -0.1) is 0 Å². The van der Waals surface area contributed by atoms with Crippen molar-refractivity contribution in [1.29, 1.82) is 0 Å². The monoisotopic (exact) mass is 392 g/mol. The van der Waals surface area contributed by atoms with Gasteiger partial charge in [-0.05, 0) is 23.8 Å². The first-order valence-corrected chi connectivity index (χ1v) is 10.1. The predicted molar refractivity (Wildman–Crippen MR) is 108 cm³/mol. The molecule has 1 aliphatic heterocycles. The zero-order valence-electron chi connectivity index (χ0n) is 13.6. The molecule has 25 heavy (non-hydrogen) atoms. The Kier molecular flexibility index (Phi) is 4.82. The normalized spacial score (nSPS) is 15.1. The van der Waals surface area contributed by atoms with Gasteiger partial charge in [0.05, 0.1) is 6.20 Å². The van der Waals surface area contributed by atoms with Gasteiger partial charge in [0.25, 0.3) is 0 Å². The number of hydrogen-bond acceptors (Lipinski definition) is 4. The molecule has 0 radical (unpaired) electrons. The summed E-state index contributed by atoms with van der Waals surface area (Å²) >= 11 is 14.5. The molecule has 0 spiro atoms. The van der Waals surface area contributed by atoms with Crippen molar-refractivity contribution in [1.82, 2.24) is 9.38 Å². The van der Waals surface area contributed by atoms with E-state index in [1.54, 1.807) is 6.07 Å². The van der Waals surface area contributed by atoms with Crippen LogP contribution in [0.5, 0.6) is 0 Å². The zero-order chi connectivity index (χ0) is 17.4. The molecule has 2 aromatic heterocycles. The van der Waals surface area contributed by atoms with Gasteiger partial charge in [0.2, 0.25) is 0 Å². The quantitative estimate of drug-likeness (QED) is 0.720. The molecule has 0 amide bonds. The van der Waals surface area contributed by atoms with E-state index in [2.05, 4.69) is 20.5 Å². The van der Waals surface area contributed by atoms with E-state index in [0.29, 0.717) is 16.6 Å². The molecule has 0 bridgehead atoms. The molecule has 7 heteroatoms. The Labute approximate surface area is 160 Å². The summed E-state index contributed by atoms with van der Waals surface area (Å²) in [5.41, 5.74) is 9.86. The Balaban J connectivity index is 1.87. The van der Waals surface area contributed by atoms with Crippen molar-refractivity contribution in [3.63, 3.8) is 0 Å². The second-order valence-electron chi connectivity index (χ2n) is 5.98. The average Bonchev–Trinajstić information content (AvgIpc) is 3.04. The average molecular weight is 393 g/mol. The Morgan fingerprint density at radius 2 is 1.92 bits per heavy atom. The van der Waals surface area contributed by atoms with E-state index in [0.717, 1.165) is 52.8 Å². The van der Waals surface area contributed by atoms with E-state index < -0.39 is 0 Å². The third-order valence-corrected chi connectivity index (χ3v) is 5.98. The van der Waals surface area contributed by atoms with Gasteiger partial charge in [0.15, 0.2) is 0 Å². The fourth-order valence-corrected chi connectivity index (χ4v) is 4.61. The number of hydrogen-bond donors (Lipinski definition) is 1. The number of pyridine rings is 1. The lowest BCUT2D eigenvalue weighted by Gasteiger charge is -2.27. The van der Waals surface area contributed by atoms with Gasteiger partial charge in [-0.2, -0.15) is 11.8 Å². The predicted octanol–water partition coefficient (Wildman–Crippen LogP) is 4.32. The first-order chi connectivity index (χ1) is 12.2. The lowest BCUT2D eigenvalue weighted by Crippen LogP contribution is -2.33. The smallest absolute Gasteiger partial charge is 0.138 e. The summed E-state index contributed by atoms with van der Waals surface area (Å²) in [6.45, 7) is 2.50. The molecule has 0 unspecified atom stereocenters. The van der Waals surface area contributed by atoms with E-state index in [1.807, 2.05) is 36.2 Å². The maximum absolute atomic E-state index is 6.44. The molecule has 2 N–H and O–H groups in total. The number of nitrogens with zero attached hydrogens (tertiary/aromatic N) is 3. The van der Waals surface area contributed by atoms with Crippen LogP contribution in [0.3, 0.4) is 0 Å². The second-order valence-corrected chi connectivity index (χ2v) is 8.05. The molecule has 3 aromatic rings. The number of aromatic nitrogens is 2. The number of nitrogens with two attached hydrogens (primary N) is 1. The van der Waals surface area contributed by atoms with Crippen LogP contribution in [-0.4, -0.2) is 34.0 Å². The number of imidazole rings is 1. The van der Waals surface area contributed by atoms with E-state index in [-0.39, 0.29) is 0 Å². The summed E-state index contributed by atoms with van der Waals surface area (Å²) in [6, 6.07) is 7.60. The molecule has 0 saturated carbocycles. The van der Waals surface area contributed by atoms with Crippen LogP contribution >= 0.6 is 35.0 Å². The molecule has 4 rings (SSSR count).